The summed E-state index contributed by atoms with van der Waals surface area (Å²) in [4.78, 5) is 4.40. The molecule has 2 aromatic rings. The van der Waals surface area contributed by atoms with Gasteiger partial charge in [-0.25, -0.2) is 9.47 Å². The highest BCUT2D eigenvalue weighted by atomic mass is 15.3. The molecule has 2 nitrogen and oxygen atoms in total. The maximum absolute atomic E-state index is 4.40. The molecule has 2 heteroatoms. The van der Waals surface area contributed by atoms with Crippen LogP contribution in [0.15, 0.2) is 54.7 Å². The first-order valence-electron chi connectivity index (χ1n) is 5.02. The highest BCUT2D eigenvalue weighted by Crippen LogP contribution is 2.27. The van der Waals surface area contributed by atoms with Crippen LogP contribution < -0.4 is 4.48 Å². The number of rotatable bonds is 2. The van der Waals surface area contributed by atoms with Gasteiger partial charge in [-0.15, -0.1) is 0 Å². The van der Waals surface area contributed by atoms with Gasteiger partial charge in [0.05, 0.1) is 14.1 Å². The molecule has 0 radical (unpaired) electrons. The Morgan fingerprint density at radius 1 is 0.867 bits per heavy atom. The van der Waals surface area contributed by atoms with Crippen LogP contribution in [0.3, 0.4) is 0 Å². The zero-order chi connectivity index (χ0) is 10.7. The predicted molar refractivity (Wildman–Crippen MR) is 64.0 cm³/mol. The molecule has 0 amide bonds. The summed E-state index contributed by atoms with van der Waals surface area (Å²) in [5.41, 5.74) is 1.23. The van der Waals surface area contributed by atoms with E-state index in [4.69, 9.17) is 0 Å². The molecule has 2 rings (SSSR count). The third kappa shape index (κ3) is 1.90. The van der Waals surface area contributed by atoms with E-state index in [9.17, 15) is 0 Å². The van der Waals surface area contributed by atoms with Gasteiger partial charge in [-0.2, -0.15) is 0 Å². The number of hydrogen-bond donors (Lipinski definition) is 0. The first-order chi connectivity index (χ1) is 7.21. The summed E-state index contributed by atoms with van der Waals surface area (Å²) in [7, 11) is 4.27. The van der Waals surface area contributed by atoms with E-state index >= 15 is 0 Å². The second-order valence-corrected chi connectivity index (χ2v) is 3.98. The topological polar surface area (TPSA) is 12.9 Å². The molecule has 1 heterocycles. The molecule has 0 saturated heterocycles. The van der Waals surface area contributed by atoms with Crippen molar-refractivity contribution in [3.05, 3.63) is 54.7 Å². The molecular weight excluding hydrogens is 184 g/mol. The molecule has 0 fully saturated rings. The normalized spacial score (nSPS) is 11.3. The van der Waals surface area contributed by atoms with Crippen LogP contribution in [0, 0.1) is 0 Å². The van der Waals surface area contributed by atoms with Gasteiger partial charge in [-0.05, 0) is 18.2 Å². The summed E-state index contributed by atoms with van der Waals surface area (Å²) in [5.74, 6) is 1.05. The summed E-state index contributed by atoms with van der Waals surface area (Å²) >= 11 is 0. The van der Waals surface area contributed by atoms with Crippen molar-refractivity contribution in [1.82, 2.24) is 9.47 Å². The Morgan fingerprint density at radius 2 is 1.53 bits per heavy atom. The third-order valence-corrected chi connectivity index (χ3v) is 2.62. The summed E-state index contributed by atoms with van der Waals surface area (Å²) in [6, 6.07) is 16.4. The van der Waals surface area contributed by atoms with Gasteiger partial charge in [0.15, 0.2) is 0 Å². The smallest absolute Gasteiger partial charge is 0.232 e. The van der Waals surface area contributed by atoms with Crippen LogP contribution in [0.1, 0.15) is 0 Å². The predicted octanol–water partition coefficient (Wildman–Crippen LogP) is 2.98. The highest BCUT2D eigenvalue weighted by molar-refractivity contribution is 5.52. The standard InChI is InChI=1S/C13H15N2/c1-15(2,12-8-4-3-5-9-12)13-10-6-7-11-14-13/h3-11H,1-2H3/q+1. The van der Waals surface area contributed by atoms with E-state index in [-0.39, 0.29) is 0 Å². The fraction of sp³-hybridized carbons (Fsp3) is 0.154. The minimum absolute atomic E-state index is 0.668. The Morgan fingerprint density at radius 3 is 2.13 bits per heavy atom. The number of benzene rings is 1. The lowest BCUT2D eigenvalue weighted by Crippen LogP contribution is -2.34. The molecule has 0 aliphatic carbocycles. The number of para-hydroxylation sites is 1. The zero-order valence-corrected chi connectivity index (χ0v) is 9.09. The Hall–Kier alpha value is -1.67. The lowest BCUT2D eigenvalue weighted by molar-refractivity contribution is 0.539. The number of nitrogens with zero attached hydrogens (tertiary/aromatic N) is 2. The lowest BCUT2D eigenvalue weighted by atomic mass is 10.2. The largest absolute Gasteiger partial charge is 0.247 e. The van der Waals surface area contributed by atoms with Crippen molar-refractivity contribution in [2.45, 2.75) is 0 Å². The highest BCUT2D eigenvalue weighted by Gasteiger charge is 2.22. The average Bonchev–Trinajstić information content (AvgIpc) is 2.31. The second-order valence-electron chi connectivity index (χ2n) is 3.98. The zero-order valence-electron chi connectivity index (χ0n) is 9.09. The van der Waals surface area contributed by atoms with E-state index in [1.807, 2.05) is 30.5 Å². The number of aromatic nitrogens is 1. The van der Waals surface area contributed by atoms with Gasteiger partial charge in [-0.1, -0.05) is 24.3 Å². The molecule has 0 bridgehead atoms. The van der Waals surface area contributed by atoms with Crippen molar-refractivity contribution >= 4 is 11.5 Å². The van der Waals surface area contributed by atoms with Gasteiger partial charge in [-0.3, -0.25) is 0 Å². The van der Waals surface area contributed by atoms with Gasteiger partial charge >= 0.3 is 0 Å². The average molecular weight is 199 g/mol. The Kier molecular flexibility index (Phi) is 2.52. The van der Waals surface area contributed by atoms with Crippen molar-refractivity contribution in [3.8, 4) is 0 Å². The van der Waals surface area contributed by atoms with E-state index in [1.54, 1.807) is 0 Å². The molecule has 76 valence electrons. The minimum Gasteiger partial charge on any atom is -0.247 e. The molecule has 0 aliphatic rings. The molecule has 15 heavy (non-hydrogen) atoms. The monoisotopic (exact) mass is 199 g/mol. The minimum atomic E-state index is 0.668. The molecular formula is C13H15N2+. The maximum Gasteiger partial charge on any atom is 0.232 e. The van der Waals surface area contributed by atoms with Crippen molar-refractivity contribution in [2.75, 3.05) is 14.1 Å². The van der Waals surface area contributed by atoms with Crippen LogP contribution in [-0.4, -0.2) is 19.1 Å². The summed E-state index contributed by atoms with van der Waals surface area (Å²) in [6.45, 7) is 0. The molecule has 0 saturated carbocycles. The molecule has 0 spiro atoms. The van der Waals surface area contributed by atoms with E-state index < -0.39 is 0 Å². The van der Waals surface area contributed by atoms with Crippen molar-refractivity contribution in [3.63, 3.8) is 0 Å². The first-order valence-corrected chi connectivity index (χ1v) is 5.02. The van der Waals surface area contributed by atoms with Gasteiger partial charge in [0, 0.05) is 12.3 Å². The molecule has 1 aromatic heterocycles. The van der Waals surface area contributed by atoms with Crippen molar-refractivity contribution in [2.24, 2.45) is 0 Å². The second kappa shape index (κ2) is 3.83. The van der Waals surface area contributed by atoms with Gasteiger partial charge in [0.25, 0.3) is 0 Å². The number of pyridine rings is 1. The fourth-order valence-corrected chi connectivity index (χ4v) is 1.62. The summed E-state index contributed by atoms with van der Waals surface area (Å²) in [5, 5.41) is 0. The molecule has 0 aliphatic heterocycles. The molecule has 0 unspecified atom stereocenters. The van der Waals surface area contributed by atoms with Gasteiger partial charge in [0.2, 0.25) is 5.82 Å². The first kappa shape index (κ1) is 9.87. The molecule has 0 atom stereocenters. The van der Waals surface area contributed by atoms with Crippen LogP contribution in [0.4, 0.5) is 11.5 Å². The van der Waals surface area contributed by atoms with Crippen molar-refractivity contribution in [1.29, 1.82) is 0 Å². The summed E-state index contributed by atoms with van der Waals surface area (Å²) < 4.78 is 0.668. The van der Waals surface area contributed by atoms with E-state index in [1.165, 1.54) is 5.69 Å². The van der Waals surface area contributed by atoms with Crippen LogP contribution >= 0.6 is 0 Å². The van der Waals surface area contributed by atoms with E-state index in [0.717, 1.165) is 5.82 Å². The van der Waals surface area contributed by atoms with Gasteiger partial charge in [0.1, 0.15) is 5.69 Å². The van der Waals surface area contributed by atoms with Crippen LogP contribution in [0.5, 0.6) is 0 Å². The van der Waals surface area contributed by atoms with Gasteiger partial charge < -0.3 is 0 Å². The lowest BCUT2D eigenvalue weighted by Gasteiger charge is -2.27. The fourth-order valence-electron chi connectivity index (χ4n) is 1.62. The Balaban J connectivity index is 2.44. The molecule has 0 N–H and O–H groups in total. The quantitative estimate of drug-likeness (QED) is 0.677. The summed E-state index contributed by atoms with van der Waals surface area (Å²) in [6.07, 6.45) is 1.83. The molecule has 1 aromatic carbocycles. The number of quaternary nitrogens is 1. The van der Waals surface area contributed by atoms with Crippen molar-refractivity contribution < 1.29 is 0 Å². The maximum atomic E-state index is 4.40. The van der Waals surface area contributed by atoms with E-state index in [0.29, 0.717) is 4.48 Å². The SMILES string of the molecule is C[N+](C)(c1ccccc1)c1ccccn1. The Labute approximate surface area is 90.4 Å². The van der Waals surface area contributed by atoms with E-state index in [2.05, 4.69) is 43.3 Å². The van der Waals surface area contributed by atoms with Crippen LogP contribution in [0.25, 0.3) is 0 Å². The van der Waals surface area contributed by atoms with Crippen LogP contribution in [0.2, 0.25) is 0 Å². The number of hydrogen-bond acceptors (Lipinski definition) is 1. The third-order valence-electron chi connectivity index (χ3n) is 2.62. The van der Waals surface area contributed by atoms with Crippen LogP contribution in [-0.2, 0) is 0 Å². The Bertz CT molecular complexity index is 379.